The highest BCUT2D eigenvalue weighted by atomic mass is 19.1. The number of rotatable bonds is 5. The van der Waals surface area contributed by atoms with Crippen LogP contribution in [0, 0.1) is 12.7 Å². The van der Waals surface area contributed by atoms with E-state index >= 15 is 4.39 Å². The summed E-state index contributed by atoms with van der Waals surface area (Å²) in [5.41, 5.74) is 0.479. The molecular weight excluding hydrogens is 575 g/mol. The lowest BCUT2D eigenvalue weighted by molar-refractivity contribution is 0.00703. The highest BCUT2D eigenvalue weighted by Crippen LogP contribution is 2.35. The summed E-state index contributed by atoms with van der Waals surface area (Å²) in [5.74, 6) is -0.973. The number of ether oxygens (including phenoxy) is 2. The molecule has 0 bridgehead atoms. The topological polar surface area (TPSA) is 99.8 Å². The molecule has 0 aliphatic heterocycles. The van der Waals surface area contributed by atoms with Crippen molar-refractivity contribution in [3.05, 3.63) is 99.5 Å². The average Bonchev–Trinajstić information content (AvgIpc) is 3.33. The Morgan fingerprint density at radius 3 is 2.24 bits per heavy atom. The molecule has 0 fully saturated rings. The Balaban J connectivity index is 1.67. The van der Waals surface area contributed by atoms with E-state index in [1.54, 1.807) is 97.9 Å². The van der Waals surface area contributed by atoms with Crippen molar-refractivity contribution in [1.82, 2.24) is 4.57 Å². The number of fused-ring (bicyclic) bond motifs is 2. The van der Waals surface area contributed by atoms with Gasteiger partial charge in [-0.15, -0.1) is 0 Å². The van der Waals surface area contributed by atoms with Gasteiger partial charge in [0, 0.05) is 22.2 Å². The van der Waals surface area contributed by atoms with Crippen molar-refractivity contribution in [1.29, 1.82) is 0 Å². The molecule has 45 heavy (non-hydrogen) atoms. The third-order valence-corrected chi connectivity index (χ3v) is 7.12. The number of para-hydroxylation sites is 2. The summed E-state index contributed by atoms with van der Waals surface area (Å²) >= 11 is 0. The Hall–Kier alpha value is -4.92. The van der Waals surface area contributed by atoms with Crippen molar-refractivity contribution >= 4 is 39.6 Å². The fourth-order valence-electron chi connectivity index (χ4n) is 5.20. The number of anilines is 1. The number of hydrogen-bond donors (Lipinski definition) is 1. The standard InChI is InChI=1S/C36H37FN2O6/c1-20-30(40)26-19-23(37)18-25(21(2)38-27-15-11-10-14-24(27)33(41)44-35(3,4)5)32(26)43-31(20)29-17-22-13-9-12-16-28(22)39(29)34(42)45-36(6,7)8/h9-19,21,38H,1-8H3. The monoisotopic (exact) mass is 612 g/mol. The molecule has 5 rings (SSSR count). The van der Waals surface area contributed by atoms with E-state index in [1.165, 1.54) is 10.6 Å². The van der Waals surface area contributed by atoms with Gasteiger partial charge < -0.3 is 19.2 Å². The number of carbonyl (C=O) groups is 2. The fraction of sp³-hybridized carbons (Fsp3) is 0.306. The van der Waals surface area contributed by atoms with Crippen LogP contribution in [0.3, 0.4) is 0 Å². The number of esters is 1. The summed E-state index contributed by atoms with van der Waals surface area (Å²) in [6.45, 7) is 14.0. The molecule has 9 heteroatoms. The van der Waals surface area contributed by atoms with E-state index in [4.69, 9.17) is 13.9 Å². The van der Waals surface area contributed by atoms with Crippen LogP contribution in [0.25, 0.3) is 33.3 Å². The van der Waals surface area contributed by atoms with Gasteiger partial charge in [0.05, 0.1) is 28.2 Å². The summed E-state index contributed by atoms with van der Waals surface area (Å²) in [5, 5.41) is 4.07. The minimum Gasteiger partial charge on any atom is -0.456 e. The average molecular weight is 613 g/mol. The van der Waals surface area contributed by atoms with Crippen molar-refractivity contribution < 1.29 is 27.9 Å². The Labute approximate surface area is 260 Å². The number of aromatic nitrogens is 1. The maximum atomic E-state index is 15.0. The summed E-state index contributed by atoms with van der Waals surface area (Å²) in [4.78, 5) is 40.3. The van der Waals surface area contributed by atoms with Gasteiger partial charge in [0.15, 0.2) is 11.2 Å². The van der Waals surface area contributed by atoms with Gasteiger partial charge in [-0.05, 0) is 91.8 Å². The first-order chi connectivity index (χ1) is 21.0. The van der Waals surface area contributed by atoms with Crippen LogP contribution in [-0.2, 0) is 9.47 Å². The number of nitrogens with zero attached hydrogens (tertiary/aromatic N) is 1. The van der Waals surface area contributed by atoms with E-state index in [1.807, 2.05) is 12.1 Å². The molecule has 0 saturated heterocycles. The molecule has 0 aliphatic rings. The first kappa shape index (κ1) is 31.5. The normalized spacial score (nSPS) is 12.7. The molecule has 1 unspecified atom stereocenters. The van der Waals surface area contributed by atoms with Crippen molar-refractivity contribution in [3.63, 3.8) is 0 Å². The Morgan fingerprint density at radius 1 is 0.911 bits per heavy atom. The van der Waals surface area contributed by atoms with Crippen LogP contribution < -0.4 is 10.7 Å². The van der Waals surface area contributed by atoms with E-state index in [0.717, 1.165) is 11.5 Å². The molecule has 5 aromatic rings. The van der Waals surface area contributed by atoms with Crippen molar-refractivity contribution in [2.75, 3.05) is 5.32 Å². The molecule has 2 aromatic heterocycles. The molecular formula is C36H37FN2O6. The zero-order valence-corrected chi connectivity index (χ0v) is 26.7. The molecule has 8 nitrogen and oxygen atoms in total. The second-order valence-electron chi connectivity index (χ2n) is 13.1. The predicted octanol–water partition coefficient (Wildman–Crippen LogP) is 8.77. The van der Waals surface area contributed by atoms with Crippen LogP contribution in [-0.4, -0.2) is 27.8 Å². The maximum Gasteiger partial charge on any atom is 0.419 e. The van der Waals surface area contributed by atoms with E-state index in [2.05, 4.69) is 5.32 Å². The molecule has 2 heterocycles. The van der Waals surface area contributed by atoms with Gasteiger partial charge in [0.1, 0.15) is 22.6 Å². The van der Waals surface area contributed by atoms with E-state index in [-0.39, 0.29) is 22.3 Å². The highest BCUT2D eigenvalue weighted by molar-refractivity contribution is 5.97. The molecule has 0 spiro atoms. The van der Waals surface area contributed by atoms with Crippen LogP contribution >= 0.6 is 0 Å². The summed E-state index contributed by atoms with van der Waals surface area (Å²) in [6, 6.07) is 17.7. The number of halogens is 1. The third-order valence-electron chi connectivity index (χ3n) is 7.12. The maximum absolute atomic E-state index is 15.0. The van der Waals surface area contributed by atoms with Crippen LogP contribution in [0.2, 0.25) is 0 Å². The largest absolute Gasteiger partial charge is 0.456 e. The zero-order chi connectivity index (χ0) is 32.8. The second-order valence-corrected chi connectivity index (χ2v) is 13.1. The van der Waals surface area contributed by atoms with Crippen LogP contribution in [0.5, 0.6) is 0 Å². The number of hydrogen-bond acceptors (Lipinski definition) is 7. The summed E-state index contributed by atoms with van der Waals surface area (Å²) in [6.07, 6.45) is -0.631. The van der Waals surface area contributed by atoms with Crippen LogP contribution in [0.15, 0.2) is 75.9 Å². The molecule has 1 atom stereocenters. The number of nitrogens with one attached hydrogen (secondary N) is 1. The van der Waals surface area contributed by atoms with E-state index in [0.29, 0.717) is 28.0 Å². The van der Waals surface area contributed by atoms with Crippen molar-refractivity contribution in [3.8, 4) is 11.5 Å². The zero-order valence-electron chi connectivity index (χ0n) is 26.7. The lowest BCUT2D eigenvalue weighted by atomic mass is 10.0. The molecule has 3 aromatic carbocycles. The third kappa shape index (κ3) is 6.48. The van der Waals surface area contributed by atoms with Crippen molar-refractivity contribution in [2.24, 2.45) is 0 Å². The minimum atomic E-state index is -0.777. The van der Waals surface area contributed by atoms with Gasteiger partial charge in [0.2, 0.25) is 0 Å². The van der Waals surface area contributed by atoms with Crippen LogP contribution in [0.1, 0.15) is 76.0 Å². The highest BCUT2D eigenvalue weighted by Gasteiger charge is 2.27. The first-order valence-electron chi connectivity index (χ1n) is 14.7. The summed E-state index contributed by atoms with van der Waals surface area (Å²) < 4.78 is 34.2. The second kappa shape index (κ2) is 11.5. The Kier molecular flexibility index (Phi) is 8.08. The lowest BCUT2D eigenvalue weighted by Crippen LogP contribution is -2.27. The van der Waals surface area contributed by atoms with Crippen molar-refractivity contribution in [2.45, 2.75) is 72.6 Å². The molecule has 1 N–H and O–H groups in total. The number of benzene rings is 3. The van der Waals surface area contributed by atoms with Crippen LogP contribution in [0.4, 0.5) is 14.9 Å². The van der Waals surface area contributed by atoms with Gasteiger partial charge >= 0.3 is 12.1 Å². The van der Waals surface area contributed by atoms with Gasteiger partial charge in [-0.3, -0.25) is 4.79 Å². The molecule has 0 amide bonds. The van der Waals surface area contributed by atoms with Gasteiger partial charge in [-0.2, -0.15) is 0 Å². The Morgan fingerprint density at radius 2 is 1.56 bits per heavy atom. The van der Waals surface area contributed by atoms with E-state index in [9.17, 15) is 14.4 Å². The number of carbonyl (C=O) groups excluding carboxylic acids is 2. The van der Waals surface area contributed by atoms with E-state index < -0.39 is 40.6 Å². The summed E-state index contributed by atoms with van der Waals surface area (Å²) in [7, 11) is 0. The minimum absolute atomic E-state index is 0.0558. The smallest absolute Gasteiger partial charge is 0.419 e. The van der Waals surface area contributed by atoms with Gasteiger partial charge in [-0.1, -0.05) is 30.3 Å². The fourth-order valence-corrected chi connectivity index (χ4v) is 5.20. The van der Waals surface area contributed by atoms with Gasteiger partial charge in [-0.25, -0.2) is 18.5 Å². The Bertz CT molecular complexity index is 2010. The SMILES string of the molecule is Cc1c(-c2cc3ccccc3n2C(=O)OC(C)(C)C)oc2c(C(C)Nc3ccccc3C(=O)OC(C)(C)C)cc(F)cc2c1=O. The predicted molar refractivity (Wildman–Crippen MR) is 173 cm³/mol. The van der Waals surface area contributed by atoms with Gasteiger partial charge in [0.25, 0.3) is 0 Å². The molecule has 0 aliphatic carbocycles. The molecule has 0 radical (unpaired) electrons. The first-order valence-corrected chi connectivity index (χ1v) is 14.7. The molecule has 0 saturated carbocycles. The quantitative estimate of drug-likeness (QED) is 0.198. The lowest BCUT2D eigenvalue weighted by Gasteiger charge is -2.23. The molecule has 234 valence electrons.